The predicted octanol–water partition coefficient (Wildman–Crippen LogP) is 3.75. The molecular weight excluding hydrogens is 536 g/mol. The van der Waals surface area contributed by atoms with Crippen molar-refractivity contribution in [1.29, 1.82) is 0 Å². The Kier molecular flexibility index (Phi) is 8.19. The van der Waals surface area contributed by atoms with Crippen LogP contribution in [0.1, 0.15) is 45.7 Å². The molecule has 0 aromatic heterocycles. The number of carbonyl (C=O) groups excluding carboxylic acids is 2. The van der Waals surface area contributed by atoms with E-state index in [-0.39, 0.29) is 24.2 Å². The Morgan fingerprint density at radius 1 is 1.10 bits per heavy atom. The van der Waals surface area contributed by atoms with Gasteiger partial charge < -0.3 is 9.64 Å². The first-order chi connectivity index (χ1) is 17.9. The van der Waals surface area contributed by atoms with Gasteiger partial charge in [0.1, 0.15) is 17.2 Å². The molecule has 10 nitrogen and oxygen atoms in total. The molecular formula is C26H31F2N3O7S. The molecule has 0 N–H and O–H groups in total. The summed E-state index contributed by atoms with van der Waals surface area (Å²) in [5.74, 6) is -3.93. The summed E-state index contributed by atoms with van der Waals surface area (Å²) in [6, 6.07) is 6.08. The summed E-state index contributed by atoms with van der Waals surface area (Å²) >= 11 is 0. The van der Waals surface area contributed by atoms with Crippen molar-refractivity contribution in [2.24, 2.45) is 0 Å². The van der Waals surface area contributed by atoms with Crippen molar-refractivity contribution in [3.05, 3.63) is 69.3 Å². The number of rotatable bonds is 7. The number of benzene rings is 2. The first-order valence-corrected chi connectivity index (χ1v) is 13.6. The van der Waals surface area contributed by atoms with Crippen LogP contribution >= 0.6 is 0 Å². The average Bonchev–Trinajstić information content (AvgIpc) is 2.84. The van der Waals surface area contributed by atoms with E-state index in [4.69, 9.17) is 4.74 Å². The molecule has 3 rings (SSSR count). The number of ether oxygens (including phenoxy) is 1. The molecule has 2 aromatic carbocycles. The van der Waals surface area contributed by atoms with E-state index >= 15 is 0 Å². The normalized spacial score (nSPS) is 18.5. The van der Waals surface area contributed by atoms with E-state index < -0.39 is 72.6 Å². The number of hydrogen-bond acceptors (Lipinski definition) is 7. The van der Waals surface area contributed by atoms with Gasteiger partial charge in [0.25, 0.3) is 15.7 Å². The Morgan fingerprint density at radius 3 is 2.31 bits per heavy atom. The third kappa shape index (κ3) is 5.78. The second-order valence-electron chi connectivity index (χ2n) is 10.6. The van der Waals surface area contributed by atoms with E-state index in [1.165, 1.54) is 45.0 Å². The third-order valence-corrected chi connectivity index (χ3v) is 8.59. The summed E-state index contributed by atoms with van der Waals surface area (Å²) in [6.45, 7) is 8.24. The predicted molar refractivity (Wildman–Crippen MR) is 137 cm³/mol. The highest BCUT2D eigenvalue weighted by molar-refractivity contribution is 7.89. The van der Waals surface area contributed by atoms with Gasteiger partial charge in [-0.2, -0.15) is 4.31 Å². The highest BCUT2D eigenvalue weighted by Gasteiger charge is 2.51. The number of carbonyl (C=O) groups is 2. The summed E-state index contributed by atoms with van der Waals surface area (Å²) in [5.41, 5.74) is -3.57. The summed E-state index contributed by atoms with van der Waals surface area (Å²) in [7, 11) is -4.50. The van der Waals surface area contributed by atoms with Crippen LogP contribution in [-0.2, 0) is 30.8 Å². The Hall–Kier alpha value is -3.45. The molecule has 13 heteroatoms. The zero-order valence-corrected chi connectivity index (χ0v) is 23.3. The Bertz CT molecular complexity index is 1430. The lowest BCUT2D eigenvalue weighted by molar-refractivity contribution is -0.387. The van der Waals surface area contributed by atoms with Crippen LogP contribution in [0.15, 0.2) is 41.3 Å². The molecule has 1 fully saturated rings. The second-order valence-corrected chi connectivity index (χ2v) is 12.5. The highest BCUT2D eigenvalue weighted by Crippen LogP contribution is 2.34. The van der Waals surface area contributed by atoms with Crippen LogP contribution in [0.4, 0.5) is 14.5 Å². The van der Waals surface area contributed by atoms with Crippen molar-refractivity contribution >= 4 is 27.6 Å². The van der Waals surface area contributed by atoms with Gasteiger partial charge >= 0.3 is 5.97 Å². The SMILES string of the molecule is Cc1ccc(C[C@@](C)(C(=O)OC(C)(C)C)N2CCN(S(=O)(=O)c3ccccc3[N+](=O)[O-])[C@@H](C)C2=O)c(F)c1F. The molecule has 1 aliphatic rings. The lowest BCUT2D eigenvalue weighted by Crippen LogP contribution is -2.67. The first kappa shape index (κ1) is 30.1. The summed E-state index contributed by atoms with van der Waals surface area (Å²) in [4.78, 5) is 38.3. The van der Waals surface area contributed by atoms with Gasteiger partial charge in [0, 0.05) is 25.6 Å². The van der Waals surface area contributed by atoms with E-state index in [2.05, 4.69) is 0 Å². The zero-order chi connectivity index (χ0) is 29.5. The molecule has 39 heavy (non-hydrogen) atoms. The average molecular weight is 568 g/mol. The number of para-hydroxylation sites is 1. The number of nitro benzene ring substituents is 1. The number of nitrogens with zero attached hydrogens (tertiary/aromatic N) is 3. The van der Waals surface area contributed by atoms with Crippen LogP contribution in [0.3, 0.4) is 0 Å². The van der Waals surface area contributed by atoms with Crippen LogP contribution in [0.25, 0.3) is 0 Å². The maximum absolute atomic E-state index is 14.9. The van der Waals surface area contributed by atoms with Gasteiger partial charge in [0.2, 0.25) is 5.91 Å². The largest absolute Gasteiger partial charge is 0.458 e. The molecule has 0 bridgehead atoms. The van der Waals surface area contributed by atoms with Crippen LogP contribution < -0.4 is 0 Å². The van der Waals surface area contributed by atoms with Crippen molar-refractivity contribution in [1.82, 2.24) is 9.21 Å². The number of halogens is 2. The van der Waals surface area contributed by atoms with E-state index in [9.17, 15) is 36.9 Å². The molecule has 1 saturated heterocycles. The quantitative estimate of drug-likeness (QED) is 0.283. The van der Waals surface area contributed by atoms with Gasteiger partial charge in [-0.15, -0.1) is 0 Å². The highest BCUT2D eigenvalue weighted by atomic mass is 32.2. The smallest absolute Gasteiger partial charge is 0.332 e. The van der Waals surface area contributed by atoms with Gasteiger partial charge in [-0.05, 0) is 58.7 Å². The van der Waals surface area contributed by atoms with E-state index in [1.54, 1.807) is 20.8 Å². The number of aryl methyl sites for hydroxylation is 1. The maximum Gasteiger partial charge on any atom is 0.332 e. The van der Waals surface area contributed by atoms with Gasteiger partial charge in [0.05, 0.1) is 4.92 Å². The molecule has 1 heterocycles. The van der Waals surface area contributed by atoms with Gasteiger partial charge in [0.15, 0.2) is 16.5 Å². The third-order valence-electron chi connectivity index (χ3n) is 6.57. The van der Waals surface area contributed by atoms with Crippen molar-refractivity contribution in [2.45, 2.75) is 70.0 Å². The van der Waals surface area contributed by atoms with Gasteiger partial charge in [-0.3, -0.25) is 14.9 Å². The molecule has 0 radical (unpaired) electrons. The summed E-state index contributed by atoms with van der Waals surface area (Å²) in [6.07, 6.45) is -0.444. The second kappa shape index (κ2) is 10.6. The van der Waals surface area contributed by atoms with Gasteiger partial charge in [-0.1, -0.05) is 24.3 Å². The maximum atomic E-state index is 14.9. The molecule has 2 aromatic rings. The fraction of sp³-hybridized carbons (Fsp3) is 0.462. The lowest BCUT2D eigenvalue weighted by atomic mass is 9.88. The number of esters is 1. The van der Waals surface area contributed by atoms with E-state index in [0.29, 0.717) is 0 Å². The molecule has 0 saturated carbocycles. The summed E-state index contributed by atoms with van der Waals surface area (Å²) in [5, 5.41) is 11.5. The van der Waals surface area contributed by atoms with Crippen LogP contribution in [0.5, 0.6) is 0 Å². The van der Waals surface area contributed by atoms with Gasteiger partial charge in [-0.25, -0.2) is 22.0 Å². The van der Waals surface area contributed by atoms with Crippen molar-refractivity contribution in [2.75, 3.05) is 13.1 Å². The molecule has 1 amide bonds. The van der Waals surface area contributed by atoms with Crippen LogP contribution in [0, 0.1) is 28.7 Å². The Morgan fingerprint density at radius 2 is 1.72 bits per heavy atom. The molecule has 2 atom stereocenters. The van der Waals surface area contributed by atoms with Crippen LogP contribution in [-0.4, -0.2) is 64.7 Å². The molecule has 0 spiro atoms. The minimum Gasteiger partial charge on any atom is -0.458 e. The summed E-state index contributed by atoms with van der Waals surface area (Å²) < 4.78 is 62.5. The first-order valence-electron chi connectivity index (χ1n) is 12.2. The fourth-order valence-electron chi connectivity index (χ4n) is 4.48. The molecule has 212 valence electrons. The molecule has 0 unspecified atom stereocenters. The number of nitro groups is 1. The number of piperazine rings is 1. The van der Waals surface area contributed by atoms with Crippen molar-refractivity contribution in [3.8, 4) is 0 Å². The standard InChI is InChI=1S/C26H31F2N3O7S/c1-16-11-12-18(22(28)21(16)27)15-26(6,24(33)38-25(3,4)5)29-13-14-30(17(2)23(29)32)39(36,37)20-10-8-7-9-19(20)31(34)35/h7-12,17H,13-15H2,1-6H3/t17-,26-/m0/s1. The monoisotopic (exact) mass is 567 g/mol. The number of amides is 1. The number of hydrogen-bond donors (Lipinski definition) is 0. The number of sulfonamides is 1. The van der Waals surface area contributed by atoms with Crippen molar-refractivity contribution in [3.63, 3.8) is 0 Å². The molecule has 1 aliphatic heterocycles. The minimum absolute atomic E-state index is 0.0637. The Balaban J connectivity index is 2.03. The van der Waals surface area contributed by atoms with Crippen molar-refractivity contribution < 1.29 is 36.4 Å². The fourth-order valence-corrected chi connectivity index (χ4v) is 6.22. The molecule has 0 aliphatic carbocycles. The lowest BCUT2D eigenvalue weighted by Gasteiger charge is -2.46. The van der Waals surface area contributed by atoms with E-state index in [1.807, 2.05) is 0 Å². The topological polar surface area (TPSA) is 127 Å². The zero-order valence-electron chi connectivity index (χ0n) is 22.5. The van der Waals surface area contributed by atoms with E-state index in [0.717, 1.165) is 21.3 Å². The Labute approximate surface area is 225 Å². The minimum atomic E-state index is -4.50. The van der Waals surface area contributed by atoms with Crippen LogP contribution in [0.2, 0.25) is 0 Å².